The van der Waals surface area contributed by atoms with Gasteiger partial charge in [0.2, 0.25) is 5.88 Å². The molecule has 2 aromatic carbocycles. The van der Waals surface area contributed by atoms with Gasteiger partial charge in [0.15, 0.2) is 0 Å². The monoisotopic (exact) mass is 355 g/mol. The SMILES string of the molecule is Cc1ccc(C2=CC(c3ccc(Cl)cc3)c3sc(=O)[nH]c3O2)cc1. The van der Waals surface area contributed by atoms with E-state index in [9.17, 15) is 4.79 Å². The number of hydrogen-bond donors (Lipinski definition) is 1. The van der Waals surface area contributed by atoms with Gasteiger partial charge in [-0.15, -0.1) is 0 Å². The average Bonchev–Trinajstić information content (AvgIpc) is 2.95. The smallest absolute Gasteiger partial charge is 0.307 e. The van der Waals surface area contributed by atoms with Crippen molar-refractivity contribution < 1.29 is 4.74 Å². The van der Waals surface area contributed by atoms with Gasteiger partial charge in [0, 0.05) is 16.5 Å². The summed E-state index contributed by atoms with van der Waals surface area (Å²) in [5.41, 5.74) is 3.25. The Morgan fingerprint density at radius 2 is 1.79 bits per heavy atom. The number of aryl methyl sites for hydroxylation is 1. The number of H-pyrrole nitrogens is 1. The van der Waals surface area contributed by atoms with Gasteiger partial charge in [-0.2, -0.15) is 0 Å². The van der Waals surface area contributed by atoms with Crippen molar-refractivity contribution in [3.8, 4) is 5.88 Å². The van der Waals surface area contributed by atoms with Gasteiger partial charge < -0.3 is 4.74 Å². The fourth-order valence-electron chi connectivity index (χ4n) is 2.77. The van der Waals surface area contributed by atoms with E-state index in [0.717, 1.165) is 21.8 Å². The summed E-state index contributed by atoms with van der Waals surface area (Å²) < 4.78 is 5.94. The normalized spacial score (nSPS) is 16.2. The summed E-state index contributed by atoms with van der Waals surface area (Å²) in [6.45, 7) is 2.05. The highest BCUT2D eigenvalue weighted by molar-refractivity contribution is 7.09. The summed E-state index contributed by atoms with van der Waals surface area (Å²) >= 11 is 7.18. The van der Waals surface area contributed by atoms with Crippen LogP contribution in [0.3, 0.4) is 0 Å². The summed E-state index contributed by atoms with van der Waals surface area (Å²) in [6.07, 6.45) is 2.06. The number of allylic oxidation sites excluding steroid dienone is 1. The minimum Gasteiger partial charge on any atom is -0.439 e. The average molecular weight is 356 g/mol. The van der Waals surface area contributed by atoms with E-state index in [1.54, 1.807) is 0 Å². The van der Waals surface area contributed by atoms with E-state index in [1.807, 2.05) is 55.5 Å². The standard InChI is InChI=1S/C19H14ClNO2S/c1-11-2-4-13(5-3-11)16-10-15(12-6-8-14(20)9-7-12)17-18(23-16)21-19(22)24-17/h2-10,15H,1H3,(H,21,22). The molecule has 24 heavy (non-hydrogen) atoms. The van der Waals surface area contributed by atoms with Gasteiger partial charge in [0.1, 0.15) is 5.76 Å². The topological polar surface area (TPSA) is 42.1 Å². The van der Waals surface area contributed by atoms with Crippen LogP contribution in [0.5, 0.6) is 5.88 Å². The highest BCUT2D eigenvalue weighted by Gasteiger charge is 2.27. The third-order valence-corrected chi connectivity index (χ3v) is 5.22. The zero-order valence-electron chi connectivity index (χ0n) is 12.9. The number of aromatic nitrogens is 1. The Morgan fingerprint density at radius 1 is 1.08 bits per heavy atom. The number of nitrogens with one attached hydrogen (secondary N) is 1. The van der Waals surface area contributed by atoms with Crippen molar-refractivity contribution in [3.05, 3.63) is 90.9 Å². The predicted molar refractivity (Wildman–Crippen MR) is 98.0 cm³/mol. The van der Waals surface area contributed by atoms with Crippen LogP contribution in [0.25, 0.3) is 5.76 Å². The first-order valence-electron chi connectivity index (χ1n) is 7.55. The molecule has 4 rings (SSSR count). The van der Waals surface area contributed by atoms with Gasteiger partial charge in [0.25, 0.3) is 0 Å². The van der Waals surface area contributed by atoms with E-state index in [0.29, 0.717) is 10.9 Å². The van der Waals surface area contributed by atoms with Gasteiger partial charge in [-0.25, -0.2) is 0 Å². The van der Waals surface area contributed by atoms with Crippen molar-refractivity contribution in [1.29, 1.82) is 0 Å². The maximum absolute atomic E-state index is 11.8. The van der Waals surface area contributed by atoms with E-state index >= 15 is 0 Å². The molecule has 2 heterocycles. The number of thiazole rings is 1. The lowest BCUT2D eigenvalue weighted by Gasteiger charge is -2.22. The van der Waals surface area contributed by atoms with Gasteiger partial charge in [-0.3, -0.25) is 9.78 Å². The zero-order valence-corrected chi connectivity index (χ0v) is 14.4. The lowest BCUT2D eigenvalue weighted by Crippen LogP contribution is -2.09. The number of hydrogen-bond acceptors (Lipinski definition) is 3. The van der Waals surface area contributed by atoms with Crippen LogP contribution in [-0.4, -0.2) is 4.98 Å². The number of ether oxygens (including phenoxy) is 1. The number of fused-ring (bicyclic) bond motifs is 1. The van der Waals surface area contributed by atoms with Crippen molar-refractivity contribution in [3.63, 3.8) is 0 Å². The van der Waals surface area contributed by atoms with Crippen molar-refractivity contribution >= 4 is 28.7 Å². The molecule has 1 aliphatic rings. The van der Waals surface area contributed by atoms with Crippen molar-refractivity contribution in [2.75, 3.05) is 0 Å². The van der Waals surface area contributed by atoms with E-state index in [1.165, 1.54) is 16.9 Å². The number of benzene rings is 2. The second kappa shape index (κ2) is 5.96. The predicted octanol–water partition coefficient (Wildman–Crippen LogP) is 4.96. The summed E-state index contributed by atoms with van der Waals surface area (Å²) in [7, 11) is 0. The van der Waals surface area contributed by atoms with Crippen LogP contribution in [0.1, 0.15) is 27.5 Å². The Bertz CT molecular complexity index is 968. The Kier molecular flexibility index (Phi) is 3.79. The van der Waals surface area contributed by atoms with Gasteiger partial charge in [0.05, 0.1) is 4.88 Å². The largest absolute Gasteiger partial charge is 0.439 e. The van der Waals surface area contributed by atoms with Crippen LogP contribution in [-0.2, 0) is 0 Å². The molecular formula is C19H14ClNO2S. The molecule has 1 aromatic heterocycles. The van der Waals surface area contributed by atoms with Gasteiger partial charge >= 0.3 is 4.87 Å². The third kappa shape index (κ3) is 2.79. The fraction of sp³-hybridized carbons (Fsp3) is 0.105. The fourth-order valence-corrected chi connectivity index (χ4v) is 3.75. The molecule has 5 heteroatoms. The minimum atomic E-state index is -0.113. The molecule has 0 bridgehead atoms. The van der Waals surface area contributed by atoms with Crippen molar-refractivity contribution in [2.24, 2.45) is 0 Å². The number of rotatable bonds is 2. The second-order valence-corrected chi connectivity index (χ2v) is 7.19. The molecular weight excluding hydrogens is 342 g/mol. The Hall–Kier alpha value is -2.30. The van der Waals surface area contributed by atoms with Crippen LogP contribution in [0.2, 0.25) is 5.02 Å². The molecule has 0 fully saturated rings. The van der Waals surface area contributed by atoms with Crippen molar-refractivity contribution in [2.45, 2.75) is 12.8 Å². The molecule has 0 aliphatic carbocycles. The van der Waals surface area contributed by atoms with Crippen LogP contribution in [0.4, 0.5) is 0 Å². The van der Waals surface area contributed by atoms with Crippen LogP contribution >= 0.6 is 22.9 Å². The third-order valence-electron chi connectivity index (χ3n) is 4.02. The molecule has 0 saturated heterocycles. The molecule has 3 nitrogen and oxygen atoms in total. The minimum absolute atomic E-state index is 0.0359. The highest BCUT2D eigenvalue weighted by atomic mass is 35.5. The maximum atomic E-state index is 11.8. The summed E-state index contributed by atoms with van der Waals surface area (Å²) in [6, 6.07) is 15.8. The van der Waals surface area contributed by atoms with Crippen molar-refractivity contribution in [1.82, 2.24) is 4.98 Å². The van der Waals surface area contributed by atoms with Gasteiger partial charge in [-0.1, -0.05) is 64.9 Å². The molecule has 120 valence electrons. The molecule has 1 unspecified atom stereocenters. The first kappa shape index (κ1) is 15.2. The van der Waals surface area contributed by atoms with Crippen LogP contribution in [0, 0.1) is 6.92 Å². The molecule has 1 atom stereocenters. The van der Waals surface area contributed by atoms with E-state index in [-0.39, 0.29) is 10.8 Å². The van der Waals surface area contributed by atoms with Gasteiger partial charge in [-0.05, 0) is 30.7 Å². The maximum Gasteiger partial charge on any atom is 0.307 e. The lowest BCUT2D eigenvalue weighted by atomic mass is 9.94. The first-order valence-corrected chi connectivity index (χ1v) is 8.75. The first-order chi connectivity index (χ1) is 11.6. The number of aromatic amines is 1. The summed E-state index contributed by atoms with van der Waals surface area (Å²) in [5, 5.41) is 0.691. The molecule has 0 spiro atoms. The van der Waals surface area contributed by atoms with Crippen LogP contribution in [0.15, 0.2) is 59.4 Å². The van der Waals surface area contributed by atoms with Crippen LogP contribution < -0.4 is 9.61 Å². The Labute approximate surface area is 148 Å². The summed E-state index contributed by atoms with van der Waals surface area (Å²) in [5.74, 6) is 1.24. The second-order valence-electron chi connectivity index (χ2n) is 5.74. The molecule has 0 saturated carbocycles. The zero-order chi connectivity index (χ0) is 16.7. The lowest BCUT2D eigenvalue weighted by molar-refractivity contribution is 0.476. The van der Waals surface area contributed by atoms with E-state index < -0.39 is 0 Å². The Balaban J connectivity index is 1.83. The van der Waals surface area contributed by atoms with E-state index in [2.05, 4.69) is 11.1 Å². The highest BCUT2D eigenvalue weighted by Crippen LogP contribution is 2.41. The molecule has 3 aromatic rings. The quantitative estimate of drug-likeness (QED) is 0.705. The molecule has 1 aliphatic heterocycles. The summed E-state index contributed by atoms with van der Waals surface area (Å²) in [4.78, 5) is 15.4. The molecule has 0 amide bonds. The molecule has 1 N–H and O–H groups in total. The molecule has 0 radical (unpaired) electrons. The number of halogens is 1. The van der Waals surface area contributed by atoms with E-state index in [4.69, 9.17) is 16.3 Å². The Morgan fingerprint density at radius 3 is 2.50 bits per heavy atom.